The zero-order chi connectivity index (χ0) is 16.9. The monoisotopic (exact) mass is 333 g/mol. The normalized spacial score (nSPS) is 22.2. The van der Waals surface area contributed by atoms with Gasteiger partial charge in [-0.2, -0.15) is 0 Å². The molecule has 2 aliphatic rings. The van der Waals surface area contributed by atoms with Gasteiger partial charge in [-0.05, 0) is 44.4 Å². The minimum Gasteiger partial charge on any atom is -0.353 e. The van der Waals surface area contributed by atoms with Gasteiger partial charge in [-0.15, -0.1) is 0 Å². The number of nitrogens with one attached hydrogen (secondary N) is 2. The number of hydrogen-bond acceptors (Lipinski definition) is 3. The van der Waals surface area contributed by atoms with Crippen molar-refractivity contribution in [3.05, 3.63) is 35.6 Å². The third-order valence-corrected chi connectivity index (χ3v) is 4.90. The fourth-order valence-electron chi connectivity index (χ4n) is 3.43. The zero-order valence-electron chi connectivity index (χ0n) is 13.8. The van der Waals surface area contributed by atoms with E-state index in [0.717, 1.165) is 25.9 Å². The summed E-state index contributed by atoms with van der Waals surface area (Å²) in [6, 6.07) is 6.17. The van der Waals surface area contributed by atoms with E-state index in [4.69, 9.17) is 0 Å². The van der Waals surface area contributed by atoms with Crippen molar-refractivity contribution >= 4 is 11.8 Å². The average Bonchev–Trinajstić information content (AvgIpc) is 2.63. The number of rotatable bonds is 3. The van der Waals surface area contributed by atoms with Gasteiger partial charge in [0.15, 0.2) is 0 Å². The van der Waals surface area contributed by atoms with Crippen LogP contribution in [-0.4, -0.2) is 48.9 Å². The topological polar surface area (TPSA) is 61.4 Å². The number of piperidine rings is 2. The lowest BCUT2D eigenvalue weighted by molar-refractivity contribution is -0.126. The van der Waals surface area contributed by atoms with Crippen LogP contribution >= 0.6 is 0 Å². The molecule has 0 bridgehead atoms. The highest BCUT2D eigenvalue weighted by molar-refractivity contribution is 5.94. The predicted molar refractivity (Wildman–Crippen MR) is 89.1 cm³/mol. The van der Waals surface area contributed by atoms with Gasteiger partial charge in [-0.1, -0.05) is 12.1 Å². The van der Waals surface area contributed by atoms with Gasteiger partial charge in [0, 0.05) is 25.7 Å². The van der Waals surface area contributed by atoms with Crippen LogP contribution < -0.4 is 10.6 Å². The highest BCUT2D eigenvalue weighted by atomic mass is 19.1. The summed E-state index contributed by atoms with van der Waals surface area (Å²) in [6.07, 6.45) is 3.40. The predicted octanol–water partition coefficient (Wildman–Crippen LogP) is 1.55. The standard InChI is InChI=1S/C18H24FN3O2/c19-16-6-2-1-5-15(16)18(24)22-10-7-14(8-11-22)21-17(23)13-4-3-9-20-12-13/h1-2,5-6,13-14,20H,3-4,7-12H2,(H,21,23). The number of amides is 2. The van der Waals surface area contributed by atoms with Crippen LogP contribution in [0.25, 0.3) is 0 Å². The van der Waals surface area contributed by atoms with Crippen LogP contribution in [0.2, 0.25) is 0 Å². The quantitative estimate of drug-likeness (QED) is 0.882. The SMILES string of the molecule is O=C(NC1CCN(C(=O)c2ccccc2F)CC1)C1CCCNC1. The Balaban J connectivity index is 1.49. The summed E-state index contributed by atoms with van der Waals surface area (Å²) < 4.78 is 13.7. The third kappa shape index (κ3) is 3.93. The van der Waals surface area contributed by atoms with Gasteiger partial charge in [0.1, 0.15) is 5.82 Å². The molecule has 2 saturated heterocycles. The Kier molecular flexibility index (Phi) is 5.45. The number of hydrogen-bond donors (Lipinski definition) is 2. The molecule has 5 nitrogen and oxygen atoms in total. The summed E-state index contributed by atoms with van der Waals surface area (Å²) in [5, 5.41) is 6.36. The van der Waals surface area contributed by atoms with Gasteiger partial charge in [-0.25, -0.2) is 4.39 Å². The second-order valence-corrected chi connectivity index (χ2v) is 6.60. The lowest BCUT2D eigenvalue weighted by Crippen LogP contribution is -2.49. The Labute approximate surface area is 141 Å². The molecule has 2 heterocycles. The van der Waals surface area contributed by atoms with Gasteiger partial charge >= 0.3 is 0 Å². The van der Waals surface area contributed by atoms with Crippen molar-refractivity contribution < 1.29 is 14.0 Å². The Morgan fingerprint density at radius 2 is 1.92 bits per heavy atom. The van der Waals surface area contributed by atoms with Gasteiger partial charge in [0.05, 0.1) is 11.5 Å². The van der Waals surface area contributed by atoms with Crippen LogP contribution in [0.5, 0.6) is 0 Å². The van der Waals surface area contributed by atoms with E-state index in [0.29, 0.717) is 25.9 Å². The molecule has 1 aromatic carbocycles. The summed E-state index contributed by atoms with van der Waals surface area (Å²) in [7, 11) is 0. The summed E-state index contributed by atoms with van der Waals surface area (Å²) in [4.78, 5) is 26.3. The Bertz CT molecular complexity index is 594. The molecule has 0 saturated carbocycles. The summed E-state index contributed by atoms with van der Waals surface area (Å²) in [5.41, 5.74) is 0.119. The summed E-state index contributed by atoms with van der Waals surface area (Å²) in [6.45, 7) is 2.82. The van der Waals surface area contributed by atoms with Crippen LogP contribution in [0.15, 0.2) is 24.3 Å². The highest BCUT2D eigenvalue weighted by Gasteiger charge is 2.28. The summed E-state index contributed by atoms with van der Waals surface area (Å²) in [5.74, 6) is -0.588. The second kappa shape index (κ2) is 7.75. The van der Waals surface area contributed by atoms with Crippen LogP contribution in [0.3, 0.4) is 0 Å². The van der Waals surface area contributed by atoms with Crippen LogP contribution in [0, 0.1) is 11.7 Å². The molecule has 130 valence electrons. The lowest BCUT2D eigenvalue weighted by atomic mass is 9.97. The molecule has 2 amide bonds. The van der Waals surface area contributed by atoms with E-state index in [1.165, 1.54) is 12.1 Å². The number of carbonyl (C=O) groups is 2. The Morgan fingerprint density at radius 1 is 1.17 bits per heavy atom. The first-order chi connectivity index (χ1) is 11.6. The first-order valence-corrected chi connectivity index (χ1v) is 8.70. The molecule has 0 aliphatic carbocycles. The molecule has 1 atom stereocenters. The fraction of sp³-hybridized carbons (Fsp3) is 0.556. The Morgan fingerprint density at radius 3 is 2.58 bits per heavy atom. The van der Waals surface area contributed by atoms with E-state index in [2.05, 4.69) is 10.6 Å². The van der Waals surface area contributed by atoms with Crippen molar-refractivity contribution in [1.82, 2.24) is 15.5 Å². The molecular formula is C18H24FN3O2. The molecule has 2 aliphatic heterocycles. The molecule has 1 unspecified atom stereocenters. The molecule has 6 heteroatoms. The molecule has 2 N–H and O–H groups in total. The first-order valence-electron chi connectivity index (χ1n) is 8.70. The van der Waals surface area contributed by atoms with E-state index >= 15 is 0 Å². The van der Waals surface area contributed by atoms with E-state index < -0.39 is 5.82 Å². The maximum absolute atomic E-state index is 13.7. The van der Waals surface area contributed by atoms with Crippen LogP contribution in [0.1, 0.15) is 36.0 Å². The van der Waals surface area contributed by atoms with E-state index in [-0.39, 0.29) is 29.3 Å². The maximum atomic E-state index is 13.7. The van der Waals surface area contributed by atoms with Gasteiger partial charge in [0.25, 0.3) is 5.91 Å². The number of benzene rings is 1. The minimum absolute atomic E-state index is 0.0526. The largest absolute Gasteiger partial charge is 0.353 e. The van der Waals surface area contributed by atoms with Crippen LogP contribution in [-0.2, 0) is 4.79 Å². The lowest BCUT2D eigenvalue weighted by Gasteiger charge is -2.33. The molecule has 0 aromatic heterocycles. The number of carbonyl (C=O) groups excluding carboxylic acids is 2. The van der Waals surface area contributed by atoms with Crippen molar-refractivity contribution in [2.45, 2.75) is 31.7 Å². The number of likely N-dealkylation sites (tertiary alicyclic amines) is 1. The smallest absolute Gasteiger partial charge is 0.256 e. The van der Waals surface area contributed by atoms with Gasteiger partial charge < -0.3 is 15.5 Å². The number of halogens is 1. The van der Waals surface area contributed by atoms with Crippen molar-refractivity contribution in [3.63, 3.8) is 0 Å². The fourth-order valence-corrected chi connectivity index (χ4v) is 3.43. The molecule has 0 spiro atoms. The van der Waals surface area contributed by atoms with Crippen molar-refractivity contribution in [2.24, 2.45) is 5.92 Å². The average molecular weight is 333 g/mol. The van der Waals surface area contributed by atoms with Gasteiger partial charge in [0.2, 0.25) is 5.91 Å². The molecule has 2 fully saturated rings. The first kappa shape index (κ1) is 16.9. The third-order valence-electron chi connectivity index (χ3n) is 4.90. The molecule has 3 rings (SSSR count). The maximum Gasteiger partial charge on any atom is 0.256 e. The Hall–Kier alpha value is -1.95. The molecule has 24 heavy (non-hydrogen) atoms. The van der Waals surface area contributed by atoms with E-state index in [1.807, 2.05) is 0 Å². The van der Waals surface area contributed by atoms with Crippen molar-refractivity contribution in [3.8, 4) is 0 Å². The van der Waals surface area contributed by atoms with Crippen molar-refractivity contribution in [2.75, 3.05) is 26.2 Å². The van der Waals surface area contributed by atoms with Crippen LogP contribution in [0.4, 0.5) is 4.39 Å². The van der Waals surface area contributed by atoms with E-state index in [9.17, 15) is 14.0 Å². The van der Waals surface area contributed by atoms with Crippen molar-refractivity contribution in [1.29, 1.82) is 0 Å². The summed E-state index contributed by atoms with van der Waals surface area (Å²) >= 11 is 0. The van der Waals surface area contributed by atoms with E-state index in [1.54, 1.807) is 17.0 Å². The second-order valence-electron chi connectivity index (χ2n) is 6.60. The molecule has 0 radical (unpaired) electrons. The molecular weight excluding hydrogens is 309 g/mol. The number of nitrogens with zero attached hydrogens (tertiary/aromatic N) is 1. The minimum atomic E-state index is -0.484. The molecule has 1 aromatic rings. The zero-order valence-corrected chi connectivity index (χ0v) is 13.8. The van der Waals surface area contributed by atoms with Gasteiger partial charge in [-0.3, -0.25) is 9.59 Å². The highest BCUT2D eigenvalue weighted by Crippen LogP contribution is 2.17.